The van der Waals surface area contributed by atoms with Crippen LogP contribution in [0.15, 0.2) is 16.7 Å². The van der Waals surface area contributed by atoms with Crippen LogP contribution < -0.4 is 0 Å². The fourth-order valence-electron chi connectivity index (χ4n) is 1.07. The molecule has 1 aliphatic carbocycles. The van der Waals surface area contributed by atoms with Crippen LogP contribution in [-0.2, 0) is 9.63 Å². The summed E-state index contributed by atoms with van der Waals surface area (Å²) in [7, 11) is 1.42. The number of rotatable bonds is 1. The average Bonchev–Trinajstić information content (AvgIpc) is 2.58. The van der Waals surface area contributed by atoms with Crippen molar-refractivity contribution in [1.82, 2.24) is 4.98 Å². The number of carbonyl (C=O) groups is 1. The predicted molar refractivity (Wildman–Crippen MR) is 49.7 cm³/mol. The molecule has 1 aromatic heterocycles. The molecule has 0 saturated heterocycles. The molecule has 0 fully saturated rings. The topological polar surface area (TPSA) is 51.5 Å². The van der Waals surface area contributed by atoms with E-state index in [0.717, 1.165) is 10.6 Å². The third kappa shape index (κ3) is 1.27. The van der Waals surface area contributed by atoms with Crippen LogP contribution in [0.3, 0.4) is 0 Å². The standard InChI is InChI=1S/C8H6N2O2S/c1-12-10-7-6(11)3-2-5-8(7)13-4-9-5/h2-4H,1H3. The van der Waals surface area contributed by atoms with Crippen molar-refractivity contribution in [1.29, 1.82) is 0 Å². The zero-order valence-corrected chi connectivity index (χ0v) is 7.67. The van der Waals surface area contributed by atoms with E-state index in [0.29, 0.717) is 5.71 Å². The van der Waals surface area contributed by atoms with Crippen LogP contribution in [0.5, 0.6) is 0 Å². The van der Waals surface area contributed by atoms with Crippen LogP contribution in [-0.4, -0.2) is 23.6 Å². The molecule has 1 aliphatic rings. The van der Waals surface area contributed by atoms with Crippen molar-refractivity contribution >= 4 is 28.9 Å². The summed E-state index contributed by atoms with van der Waals surface area (Å²) in [5, 5.41) is 3.66. The number of fused-ring (bicyclic) bond motifs is 1. The minimum atomic E-state index is -0.140. The summed E-state index contributed by atoms with van der Waals surface area (Å²) in [6.45, 7) is 0. The van der Waals surface area contributed by atoms with Crippen molar-refractivity contribution in [3.05, 3.63) is 22.2 Å². The van der Waals surface area contributed by atoms with Crippen LogP contribution >= 0.6 is 11.3 Å². The van der Waals surface area contributed by atoms with Crippen LogP contribution in [0.1, 0.15) is 10.6 Å². The van der Waals surface area contributed by atoms with Crippen molar-refractivity contribution in [2.75, 3.05) is 7.11 Å². The summed E-state index contributed by atoms with van der Waals surface area (Å²) in [4.78, 5) is 20.8. The second-order valence-electron chi connectivity index (χ2n) is 2.39. The van der Waals surface area contributed by atoms with Crippen molar-refractivity contribution in [3.8, 4) is 0 Å². The maximum absolute atomic E-state index is 11.3. The van der Waals surface area contributed by atoms with Gasteiger partial charge in [-0.05, 0) is 12.2 Å². The summed E-state index contributed by atoms with van der Waals surface area (Å²) in [6, 6.07) is 0. The fraction of sp³-hybridized carbons (Fsp3) is 0.125. The van der Waals surface area contributed by atoms with E-state index < -0.39 is 0 Å². The number of hydrogen-bond donors (Lipinski definition) is 0. The second-order valence-corrected chi connectivity index (χ2v) is 3.24. The van der Waals surface area contributed by atoms with Gasteiger partial charge in [0.25, 0.3) is 0 Å². The van der Waals surface area contributed by atoms with Gasteiger partial charge in [-0.3, -0.25) is 4.79 Å². The number of aromatic nitrogens is 1. The largest absolute Gasteiger partial charge is 0.399 e. The minimum absolute atomic E-state index is 0.140. The second kappa shape index (κ2) is 3.10. The first-order chi connectivity index (χ1) is 6.33. The predicted octanol–water partition coefficient (Wildman–Crippen LogP) is 1.09. The molecule has 0 atom stereocenters. The Morgan fingerprint density at radius 2 is 2.38 bits per heavy atom. The molecule has 0 unspecified atom stereocenters. The number of oxime groups is 1. The Kier molecular flexibility index (Phi) is 1.94. The van der Waals surface area contributed by atoms with Gasteiger partial charge in [0.15, 0.2) is 5.71 Å². The van der Waals surface area contributed by atoms with E-state index >= 15 is 0 Å². The summed E-state index contributed by atoms with van der Waals surface area (Å²) in [6.07, 6.45) is 3.13. The Bertz CT molecular complexity index is 406. The monoisotopic (exact) mass is 194 g/mol. The first kappa shape index (κ1) is 8.12. The lowest BCUT2D eigenvalue weighted by molar-refractivity contribution is -0.108. The highest BCUT2D eigenvalue weighted by atomic mass is 32.1. The molecular formula is C8H6N2O2S. The van der Waals surface area contributed by atoms with E-state index in [2.05, 4.69) is 15.0 Å². The fourth-order valence-corrected chi connectivity index (χ4v) is 1.84. The molecule has 0 spiro atoms. The molecule has 1 aromatic rings. The van der Waals surface area contributed by atoms with Crippen molar-refractivity contribution in [2.45, 2.75) is 0 Å². The van der Waals surface area contributed by atoms with E-state index in [4.69, 9.17) is 0 Å². The number of thiazole rings is 1. The van der Waals surface area contributed by atoms with Gasteiger partial charge >= 0.3 is 0 Å². The number of hydrogen-bond acceptors (Lipinski definition) is 5. The molecule has 1 heterocycles. The lowest BCUT2D eigenvalue weighted by Gasteiger charge is -2.03. The van der Waals surface area contributed by atoms with E-state index in [1.807, 2.05) is 0 Å². The van der Waals surface area contributed by atoms with Gasteiger partial charge in [0.2, 0.25) is 5.78 Å². The maximum atomic E-state index is 11.3. The first-order valence-electron chi connectivity index (χ1n) is 3.60. The highest BCUT2D eigenvalue weighted by molar-refractivity contribution is 7.13. The van der Waals surface area contributed by atoms with E-state index in [9.17, 15) is 4.79 Å². The molecular weight excluding hydrogens is 188 g/mol. The molecule has 0 radical (unpaired) electrons. The van der Waals surface area contributed by atoms with Gasteiger partial charge in [0, 0.05) is 0 Å². The normalized spacial score (nSPS) is 17.6. The summed E-state index contributed by atoms with van der Waals surface area (Å²) in [5.74, 6) is -0.140. The van der Waals surface area contributed by atoms with Crippen LogP contribution in [0.25, 0.3) is 6.08 Å². The van der Waals surface area contributed by atoms with Gasteiger partial charge in [0.05, 0.1) is 16.1 Å². The summed E-state index contributed by atoms with van der Waals surface area (Å²) >= 11 is 1.38. The molecule has 4 nitrogen and oxygen atoms in total. The Morgan fingerprint density at radius 1 is 1.54 bits per heavy atom. The van der Waals surface area contributed by atoms with Crippen molar-refractivity contribution in [2.24, 2.45) is 5.16 Å². The number of ketones is 1. The van der Waals surface area contributed by atoms with Gasteiger partial charge in [-0.2, -0.15) is 0 Å². The Labute approximate surface area is 78.5 Å². The molecule has 0 saturated carbocycles. The maximum Gasteiger partial charge on any atom is 0.209 e. The molecule has 2 rings (SSSR count). The van der Waals surface area contributed by atoms with Crippen molar-refractivity contribution in [3.63, 3.8) is 0 Å². The average molecular weight is 194 g/mol. The molecule has 0 bridgehead atoms. The third-order valence-electron chi connectivity index (χ3n) is 1.62. The summed E-state index contributed by atoms with van der Waals surface area (Å²) in [5.41, 5.74) is 2.79. The number of allylic oxidation sites excluding steroid dienone is 1. The number of carbonyl (C=O) groups excluding carboxylic acids is 1. The molecule has 5 heteroatoms. The van der Waals surface area contributed by atoms with Gasteiger partial charge in [0.1, 0.15) is 7.11 Å². The highest BCUT2D eigenvalue weighted by Crippen LogP contribution is 2.20. The lowest BCUT2D eigenvalue weighted by Crippen LogP contribution is -2.16. The zero-order chi connectivity index (χ0) is 9.26. The number of nitrogens with zero attached hydrogens (tertiary/aromatic N) is 2. The van der Waals surface area contributed by atoms with E-state index in [1.165, 1.54) is 24.5 Å². The third-order valence-corrected chi connectivity index (χ3v) is 2.47. The smallest absolute Gasteiger partial charge is 0.209 e. The first-order valence-corrected chi connectivity index (χ1v) is 4.48. The van der Waals surface area contributed by atoms with E-state index in [-0.39, 0.29) is 5.78 Å². The van der Waals surface area contributed by atoms with Gasteiger partial charge in [-0.1, -0.05) is 5.16 Å². The Hall–Kier alpha value is -1.49. The van der Waals surface area contributed by atoms with Crippen LogP contribution in [0.2, 0.25) is 0 Å². The lowest BCUT2D eigenvalue weighted by atomic mass is 10.1. The van der Waals surface area contributed by atoms with Gasteiger partial charge in [-0.15, -0.1) is 11.3 Å². The molecule has 0 aliphatic heterocycles. The van der Waals surface area contributed by atoms with Crippen LogP contribution in [0, 0.1) is 0 Å². The molecule has 13 heavy (non-hydrogen) atoms. The van der Waals surface area contributed by atoms with Crippen molar-refractivity contribution < 1.29 is 9.63 Å². The van der Waals surface area contributed by atoms with Crippen LogP contribution in [0.4, 0.5) is 0 Å². The van der Waals surface area contributed by atoms with Gasteiger partial charge in [-0.25, -0.2) is 4.98 Å². The molecule has 0 N–H and O–H groups in total. The quantitative estimate of drug-likeness (QED) is 0.629. The summed E-state index contributed by atoms with van der Waals surface area (Å²) < 4.78 is 0. The molecule has 66 valence electrons. The zero-order valence-electron chi connectivity index (χ0n) is 6.85. The SMILES string of the molecule is CON=C1C(=O)C=Cc2ncsc21. The Balaban J connectivity index is 2.55. The molecule has 0 amide bonds. The Morgan fingerprint density at radius 3 is 3.15 bits per heavy atom. The van der Waals surface area contributed by atoms with E-state index in [1.54, 1.807) is 11.6 Å². The minimum Gasteiger partial charge on any atom is -0.399 e. The molecule has 0 aromatic carbocycles. The highest BCUT2D eigenvalue weighted by Gasteiger charge is 2.21. The van der Waals surface area contributed by atoms with Gasteiger partial charge < -0.3 is 4.84 Å².